The molecule has 0 bridgehead atoms. The van der Waals surface area contributed by atoms with Crippen LogP contribution in [0.3, 0.4) is 0 Å². The van der Waals surface area contributed by atoms with Crippen LogP contribution in [0.1, 0.15) is 25.8 Å². The summed E-state index contributed by atoms with van der Waals surface area (Å²) in [6.07, 6.45) is 5.65. The molecule has 2 heteroatoms. The third kappa shape index (κ3) is 4.28. The molecule has 1 unspecified atom stereocenters. The van der Waals surface area contributed by atoms with Crippen molar-refractivity contribution in [1.29, 1.82) is 0 Å². The highest BCUT2D eigenvalue weighted by molar-refractivity contribution is 6.20. The Bertz CT molecular complexity index is 233. The number of pyridine rings is 1. The first-order valence-corrected chi connectivity index (χ1v) is 5.15. The Kier molecular flexibility index (Phi) is 4.23. The fourth-order valence-corrected chi connectivity index (χ4v) is 1.90. The number of rotatable bonds is 4. The van der Waals surface area contributed by atoms with Crippen molar-refractivity contribution in [2.45, 2.75) is 32.1 Å². The molecule has 0 N–H and O–H groups in total. The Morgan fingerprint density at radius 3 is 2.46 bits per heavy atom. The SMILES string of the molecule is CC(C)CC(Cl)Cc1ccncc1. The van der Waals surface area contributed by atoms with E-state index < -0.39 is 0 Å². The van der Waals surface area contributed by atoms with Crippen LogP contribution in [0.15, 0.2) is 24.5 Å². The second-order valence-corrected chi connectivity index (χ2v) is 4.40. The van der Waals surface area contributed by atoms with E-state index in [-0.39, 0.29) is 5.38 Å². The van der Waals surface area contributed by atoms with Crippen LogP contribution in [0, 0.1) is 5.92 Å². The van der Waals surface area contributed by atoms with Crippen molar-refractivity contribution < 1.29 is 0 Å². The zero-order valence-corrected chi connectivity index (χ0v) is 8.96. The van der Waals surface area contributed by atoms with Gasteiger partial charge in [-0.05, 0) is 36.5 Å². The molecule has 1 heterocycles. The summed E-state index contributed by atoms with van der Waals surface area (Å²) in [5, 5.41) is 0.252. The van der Waals surface area contributed by atoms with Gasteiger partial charge in [0.25, 0.3) is 0 Å². The standard InChI is InChI=1S/C11H16ClN/c1-9(2)7-11(12)8-10-3-5-13-6-4-10/h3-6,9,11H,7-8H2,1-2H3. The molecule has 0 aliphatic rings. The van der Waals surface area contributed by atoms with E-state index in [0.29, 0.717) is 5.92 Å². The van der Waals surface area contributed by atoms with Crippen molar-refractivity contribution in [3.63, 3.8) is 0 Å². The Morgan fingerprint density at radius 1 is 1.31 bits per heavy atom. The van der Waals surface area contributed by atoms with Crippen LogP contribution >= 0.6 is 11.6 Å². The average molecular weight is 198 g/mol. The number of alkyl halides is 1. The maximum absolute atomic E-state index is 6.19. The topological polar surface area (TPSA) is 12.9 Å². The van der Waals surface area contributed by atoms with Crippen LogP contribution in [0.2, 0.25) is 0 Å². The predicted octanol–water partition coefficient (Wildman–Crippen LogP) is 3.28. The third-order valence-electron chi connectivity index (χ3n) is 1.93. The summed E-state index contributed by atoms with van der Waals surface area (Å²) >= 11 is 6.19. The lowest BCUT2D eigenvalue weighted by molar-refractivity contribution is 0.561. The van der Waals surface area contributed by atoms with E-state index in [2.05, 4.69) is 18.8 Å². The Morgan fingerprint density at radius 2 is 1.92 bits per heavy atom. The Balaban J connectivity index is 2.41. The van der Waals surface area contributed by atoms with Crippen LogP contribution < -0.4 is 0 Å². The monoisotopic (exact) mass is 197 g/mol. The van der Waals surface area contributed by atoms with Crippen LogP contribution in [-0.4, -0.2) is 10.4 Å². The summed E-state index contributed by atoms with van der Waals surface area (Å²) in [6.45, 7) is 4.39. The zero-order chi connectivity index (χ0) is 9.68. The van der Waals surface area contributed by atoms with Gasteiger partial charge in [-0.3, -0.25) is 4.98 Å². The first kappa shape index (κ1) is 10.5. The normalized spacial score (nSPS) is 13.2. The van der Waals surface area contributed by atoms with Gasteiger partial charge < -0.3 is 0 Å². The molecule has 0 fully saturated rings. The number of halogens is 1. The number of nitrogens with zero attached hydrogens (tertiary/aromatic N) is 1. The summed E-state index contributed by atoms with van der Waals surface area (Å²) in [6, 6.07) is 4.05. The molecule has 0 spiro atoms. The summed E-state index contributed by atoms with van der Waals surface area (Å²) in [5.41, 5.74) is 1.27. The maximum Gasteiger partial charge on any atom is 0.0378 e. The largest absolute Gasteiger partial charge is 0.265 e. The molecular formula is C11H16ClN. The molecule has 1 nitrogen and oxygen atoms in total. The molecule has 1 rings (SSSR count). The van der Waals surface area contributed by atoms with Gasteiger partial charge in [0.05, 0.1) is 0 Å². The van der Waals surface area contributed by atoms with Gasteiger partial charge in [-0.1, -0.05) is 13.8 Å². The number of hydrogen-bond donors (Lipinski definition) is 0. The molecule has 0 aromatic carbocycles. The third-order valence-corrected chi connectivity index (χ3v) is 2.27. The average Bonchev–Trinajstić information content (AvgIpc) is 2.04. The van der Waals surface area contributed by atoms with Crippen LogP contribution in [0.25, 0.3) is 0 Å². The van der Waals surface area contributed by atoms with E-state index in [1.54, 1.807) is 0 Å². The maximum atomic E-state index is 6.19. The Labute approximate surface area is 85.1 Å². The highest BCUT2D eigenvalue weighted by Gasteiger charge is 2.07. The molecule has 1 atom stereocenters. The van der Waals surface area contributed by atoms with Crippen LogP contribution in [0.4, 0.5) is 0 Å². The van der Waals surface area contributed by atoms with Crippen molar-refractivity contribution in [3.8, 4) is 0 Å². The Hall–Kier alpha value is -0.560. The molecule has 0 saturated heterocycles. The number of hydrogen-bond acceptors (Lipinski definition) is 1. The van der Waals surface area contributed by atoms with E-state index in [4.69, 9.17) is 11.6 Å². The fraction of sp³-hybridized carbons (Fsp3) is 0.545. The van der Waals surface area contributed by atoms with Crippen LogP contribution in [-0.2, 0) is 6.42 Å². The number of aromatic nitrogens is 1. The molecule has 0 aliphatic carbocycles. The van der Waals surface area contributed by atoms with E-state index in [0.717, 1.165) is 12.8 Å². The molecule has 72 valence electrons. The first-order valence-electron chi connectivity index (χ1n) is 4.71. The molecule has 1 aromatic rings. The van der Waals surface area contributed by atoms with Gasteiger partial charge in [0.15, 0.2) is 0 Å². The lowest BCUT2D eigenvalue weighted by Crippen LogP contribution is -2.06. The highest BCUT2D eigenvalue weighted by Crippen LogP contribution is 2.15. The molecule has 0 saturated carbocycles. The zero-order valence-electron chi connectivity index (χ0n) is 8.20. The van der Waals surface area contributed by atoms with Crippen molar-refractivity contribution in [2.24, 2.45) is 5.92 Å². The van der Waals surface area contributed by atoms with Gasteiger partial charge in [0.2, 0.25) is 0 Å². The predicted molar refractivity (Wildman–Crippen MR) is 57.0 cm³/mol. The second-order valence-electron chi connectivity index (χ2n) is 3.79. The van der Waals surface area contributed by atoms with Gasteiger partial charge in [-0.15, -0.1) is 11.6 Å². The first-order chi connectivity index (χ1) is 6.18. The lowest BCUT2D eigenvalue weighted by atomic mass is 10.0. The van der Waals surface area contributed by atoms with Gasteiger partial charge in [0.1, 0.15) is 0 Å². The molecular weight excluding hydrogens is 182 g/mol. The molecule has 13 heavy (non-hydrogen) atoms. The van der Waals surface area contributed by atoms with Gasteiger partial charge in [-0.2, -0.15) is 0 Å². The summed E-state index contributed by atoms with van der Waals surface area (Å²) in [7, 11) is 0. The smallest absolute Gasteiger partial charge is 0.0378 e. The van der Waals surface area contributed by atoms with E-state index in [1.807, 2.05) is 24.5 Å². The van der Waals surface area contributed by atoms with E-state index >= 15 is 0 Å². The minimum atomic E-state index is 0.252. The van der Waals surface area contributed by atoms with Crippen molar-refractivity contribution in [2.75, 3.05) is 0 Å². The minimum absolute atomic E-state index is 0.252. The fourth-order valence-electron chi connectivity index (χ4n) is 1.37. The van der Waals surface area contributed by atoms with Gasteiger partial charge >= 0.3 is 0 Å². The van der Waals surface area contributed by atoms with Crippen molar-refractivity contribution in [1.82, 2.24) is 4.98 Å². The van der Waals surface area contributed by atoms with Gasteiger partial charge in [-0.25, -0.2) is 0 Å². The minimum Gasteiger partial charge on any atom is -0.265 e. The molecule has 0 amide bonds. The highest BCUT2D eigenvalue weighted by atomic mass is 35.5. The van der Waals surface area contributed by atoms with Gasteiger partial charge in [0, 0.05) is 17.8 Å². The van der Waals surface area contributed by atoms with Crippen molar-refractivity contribution >= 4 is 11.6 Å². The molecule has 0 aliphatic heterocycles. The molecule has 0 radical (unpaired) electrons. The van der Waals surface area contributed by atoms with E-state index in [9.17, 15) is 0 Å². The quantitative estimate of drug-likeness (QED) is 0.676. The summed E-state index contributed by atoms with van der Waals surface area (Å²) in [5.74, 6) is 0.671. The summed E-state index contributed by atoms with van der Waals surface area (Å²) in [4.78, 5) is 3.97. The summed E-state index contributed by atoms with van der Waals surface area (Å²) < 4.78 is 0. The van der Waals surface area contributed by atoms with E-state index in [1.165, 1.54) is 5.56 Å². The second kappa shape index (κ2) is 5.23. The lowest BCUT2D eigenvalue weighted by Gasteiger charge is -2.11. The molecule has 1 aromatic heterocycles. The van der Waals surface area contributed by atoms with Crippen molar-refractivity contribution in [3.05, 3.63) is 30.1 Å². The van der Waals surface area contributed by atoms with Crippen LogP contribution in [0.5, 0.6) is 0 Å².